The molecule has 0 aliphatic heterocycles. The second-order valence-corrected chi connectivity index (χ2v) is 14.2. The first-order chi connectivity index (χ1) is 22.0. The lowest BCUT2D eigenvalue weighted by Crippen LogP contribution is -2.55. The van der Waals surface area contributed by atoms with Gasteiger partial charge in [-0.1, -0.05) is 11.8 Å². The summed E-state index contributed by atoms with van der Waals surface area (Å²) in [7, 11) is 1.78. The number of nitrogens with one attached hydrogen (secondary N) is 1. The van der Waals surface area contributed by atoms with Crippen LogP contribution in [0.3, 0.4) is 0 Å². The number of hydrogen-bond donors (Lipinski definition) is 3. The van der Waals surface area contributed by atoms with Crippen molar-refractivity contribution in [2.75, 3.05) is 65.0 Å². The van der Waals surface area contributed by atoms with Gasteiger partial charge in [-0.25, -0.2) is 28.1 Å². The molecule has 0 radical (unpaired) electrons. The van der Waals surface area contributed by atoms with Crippen LogP contribution in [0.15, 0.2) is 14.4 Å². The molecule has 0 fully saturated rings. The molecule has 1 N–H and O–H groups in total. The predicted octanol–water partition coefficient (Wildman–Crippen LogP) is -0.458. The van der Waals surface area contributed by atoms with E-state index < -0.39 is 50.3 Å². The van der Waals surface area contributed by atoms with Crippen molar-refractivity contribution in [1.29, 1.82) is 0 Å². The molecule has 0 bridgehead atoms. The van der Waals surface area contributed by atoms with E-state index in [4.69, 9.17) is 27.5 Å². The first-order valence-electron chi connectivity index (χ1n) is 14.2. The van der Waals surface area contributed by atoms with Crippen molar-refractivity contribution in [3.05, 3.63) is 31.5 Å². The second kappa shape index (κ2) is 22.9. The Morgan fingerprint density at radius 3 is 1.46 bits per heavy atom. The summed E-state index contributed by atoms with van der Waals surface area (Å²) in [4.78, 5) is 86.6. The zero-order valence-corrected chi connectivity index (χ0v) is 29.7. The summed E-state index contributed by atoms with van der Waals surface area (Å²) < 4.78 is 33.2. The van der Waals surface area contributed by atoms with E-state index in [-0.39, 0.29) is 74.7 Å². The minimum absolute atomic E-state index is 0.0222. The number of carbonyl (C=O) groups excluding carboxylic acids is 4. The fourth-order valence-electron chi connectivity index (χ4n) is 3.74. The van der Waals surface area contributed by atoms with Crippen LogP contribution < -0.4 is 22.4 Å². The number of rotatable bonds is 23. The predicted molar refractivity (Wildman–Crippen MR) is 176 cm³/mol. The van der Waals surface area contributed by atoms with E-state index in [1.54, 1.807) is 0 Å². The molecule has 262 valence electrons. The Hall–Kier alpha value is -2.56. The fourth-order valence-corrected chi connectivity index (χ4v) is 6.48. The van der Waals surface area contributed by atoms with Crippen LogP contribution in [-0.2, 0) is 61.5 Å². The highest BCUT2D eigenvalue weighted by molar-refractivity contribution is 8.13. The normalized spacial score (nSPS) is 11.2. The number of thioether (sulfide) groups is 1. The van der Waals surface area contributed by atoms with Crippen LogP contribution >= 0.6 is 37.0 Å². The van der Waals surface area contributed by atoms with Crippen molar-refractivity contribution in [2.45, 2.75) is 51.4 Å². The van der Waals surface area contributed by atoms with Crippen molar-refractivity contribution >= 4 is 69.0 Å². The highest BCUT2D eigenvalue weighted by Gasteiger charge is 2.36. The molecule has 0 spiro atoms. The summed E-state index contributed by atoms with van der Waals surface area (Å²) in [6.45, 7) is -1.80. The molecule has 0 aliphatic carbocycles. The summed E-state index contributed by atoms with van der Waals surface area (Å²) in [5.41, 5.74) is -3.01. The lowest BCUT2D eigenvalue weighted by Gasteiger charge is -2.24. The van der Waals surface area contributed by atoms with Gasteiger partial charge >= 0.3 is 43.8 Å². The van der Waals surface area contributed by atoms with Crippen LogP contribution in [0.4, 0.5) is 4.79 Å². The minimum atomic E-state index is -2.73. The standard InChI is InChI=1S/C25H42N4O13S3Si/c1-37-46(38-2,39-3)18-4-8-26-22(33)45-17-7-21(32)42-14-11-29-24(35)27(9-12-40-19(30)5-15-43)23(34)28(25(29)36)10-13-41-20(31)6-16-44/h43-44H,4-18H2,1-3H3,(H,26,33). The summed E-state index contributed by atoms with van der Waals surface area (Å²) in [5, 5.41) is 2.37. The van der Waals surface area contributed by atoms with Gasteiger partial charge in [0.25, 0.3) is 5.24 Å². The number of hydrogen-bond acceptors (Lipinski definition) is 16. The first kappa shape index (κ1) is 41.5. The third-order valence-electron chi connectivity index (χ3n) is 6.15. The van der Waals surface area contributed by atoms with Gasteiger partial charge in [-0.15, -0.1) is 0 Å². The average molecular weight is 731 g/mol. The third kappa shape index (κ3) is 14.5. The van der Waals surface area contributed by atoms with E-state index in [0.29, 0.717) is 32.7 Å². The van der Waals surface area contributed by atoms with Gasteiger partial charge in [0.15, 0.2) is 0 Å². The number of nitrogens with zero attached hydrogens (tertiary/aromatic N) is 3. The van der Waals surface area contributed by atoms with Crippen molar-refractivity contribution in [3.63, 3.8) is 0 Å². The van der Waals surface area contributed by atoms with Gasteiger partial charge < -0.3 is 32.8 Å². The molecule has 0 atom stereocenters. The quantitative estimate of drug-likeness (QED) is 0.0429. The number of carbonyl (C=O) groups is 4. The van der Waals surface area contributed by atoms with Crippen LogP contribution in [0.1, 0.15) is 25.7 Å². The molecule has 0 aliphatic rings. The Labute approximate surface area is 281 Å². The maximum atomic E-state index is 13.0. The van der Waals surface area contributed by atoms with Gasteiger partial charge in [-0.3, -0.25) is 19.2 Å². The Morgan fingerprint density at radius 2 is 1.09 bits per heavy atom. The van der Waals surface area contributed by atoms with Crippen molar-refractivity contribution in [1.82, 2.24) is 19.0 Å². The van der Waals surface area contributed by atoms with Crippen LogP contribution in [0, 0.1) is 0 Å². The summed E-state index contributed by atoms with van der Waals surface area (Å²) in [6, 6.07) is 0.507. The molecule has 0 aromatic carbocycles. The highest BCUT2D eigenvalue weighted by atomic mass is 32.2. The van der Waals surface area contributed by atoms with E-state index in [2.05, 4.69) is 30.6 Å². The Morgan fingerprint density at radius 1 is 0.696 bits per heavy atom. The second-order valence-electron chi connectivity index (χ2n) is 9.12. The molecule has 1 aromatic rings. The van der Waals surface area contributed by atoms with E-state index in [0.717, 1.165) is 11.8 Å². The van der Waals surface area contributed by atoms with E-state index in [9.17, 15) is 33.6 Å². The maximum Gasteiger partial charge on any atom is 0.500 e. The molecule has 1 rings (SSSR count). The van der Waals surface area contributed by atoms with Gasteiger partial charge in [0, 0.05) is 51.2 Å². The molecular formula is C25H42N4O13S3Si. The van der Waals surface area contributed by atoms with Crippen molar-refractivity contribution < 1.29 is 46.7 Å². The lowest BCUT2D eigenvalue weighted by molar-refractivity contribution is -0.144. The number of ether oxygens (including phenoxy) is 3. The highest BCUT2D eigenvalue weighted by Crippen LogP contribution is 2.14. The van der Waals surface area contributed by atoms with Gasteiger partial charge in [0.2, 0.25) is 0 Å². The van der Waals surface area contributed by atoms with E-state index in [1.165, 1.54) is 21.3 Å². The van der Waals surface area contributed by atoms with Crippen LogP contribution in [0.25, 0.3) is 0 Å². The lowest BCUT2D eigenvalue weighted by atomic mass is 10.5. The fraction of sp³-hybridized carbons (Fsp3) is 0.720. The number of esters is 3. The zero-order chi connectivity index (χ0) is 34.5. The molecule has 0 saturated carbocycles. The first-order valence-corrected chi connectivity index (χ1v) is 18.4. The van der Waals surface area contributed by atoms with Crippen LogP contribution in [-0.4, -0.2) is 111 Å². The zero-order valence-electron chi connectivity index (χ0n) is 26.1. The van der Waals surface area contributed by atoms with Crippen LogP contribution in [0.2, 0.25) is 6.04 Å². The topological polar surface area (TPSA) is 202 Å². The molecular weight excluding hydrogens is 689 g/mol. The maximum absolute atomic E-state index is 13.0. The van der Waals surface area contributed by atoms with Gasteiger partial charge in [-0.05, 0) is 6.42 Å². The summed E-state index contributed by atoms with van der Waals surface area (Å²) >= 11 is 8.76. The Kier molecular flexibility index (Phi) is 20.6. The van der Waals surface area contributed by atoms with Gasteiger partial charge in [-0.2, -0.15) is 25.3 Å². The van der Waals surface area contributed by atoms with Crippen LogP contribution in [0.5, 0.6) is 0 Å². The summed E-state index contributed by atoms with van der Waals surface area (Å²) in [5.74, 6) is -1.24. The molecule has 21 heteroatoms. The SMILES string of the molecule is CO[Si](CCCNC(=O)SCCC(=O)OCCn1c(=O)n(CCOC(=O)CCS)c(=O)n(CCOC(=O)CCS)c1=O)(OC)OC. The van der Waals surface area contributed by atoms with Gasteiger partial charge in [0.1, 0.15) is 19.8 Å². The molecule has 0 unspecified atom stereocenters. The average Bonchev–Trinajstić information content (AvgIpc) is 3.03. The van der Waals surface area contributed by atoms with Crippen molar-refractivity contribution in [2.24, 2.45) is 0 Å². The molecule has 1 amide bonds. The Balaban J connectivity index is 2.76. The molecule has 1 aromatic heterocycles. The monoisotopic (exact) mass is 730 g/mol. The minimum Gasteiger partial charge on any atom is -0.464 e. The van der Waals surface area contributed by atoms with Crippen molar-refractivity contribution in [3.8, 4) is 0 Å². The number of aromatic nitrogens is 3. The third-order valence-corrected chi connectivity index (χ3v) is 10.2. The molecule has 0 saturated heterocycles. The smallest absolute Gasteiger partial charge is 0.464 e. The largest absolute Gasteiger partial charge is 0.500 e. The number of amides is 1. The van der Waals surface area contributed by atoms with E-state index in [1.807, 2.05) is 0 Å². The molecule has 1 heterocycles. The summed E-state index contributed by atoms with van der Waals surface area (Å²) in [6.07, 6.45) is 0.481. The molecule has 46 heavy (non-hydrogen) atoms. The van der Waals surface area contributed by atoms with E-state index >= 15 is 0 Å². The molecule has 17 nitrogen and oxygen atoms in total. The number of thiol groups is 2. The van der Waals surface area contributed by atoms with Gasteiger partial charge in [0.05, 0.1) is 38.9 Å². The Bertz CT molecular complexity index is 1250.